The molecule has 2 heterocycles. The number of nitrogens with one attached hydrogen (secondary N) is 1. The van der Waals surface area contributed by atoms with Crippen LogP contribution in [0.25, 0.3) is 0 Å². The minimum atomic E-state index is -0.708. The Bertz CT molecular complexity index is 454. The average Bonchev–Trinajstić information content (AvgIpc) is 2.85. The summed E-state index contributed by atoms with van der Waals surface area (Å²) in [7, 11) is 0. The lowest BCUT2D eigenvalue weighted by atomic mass is 9.71. The van der Waals surface area contributed by atoms with Crippen molar-refractivity contribution in [3.63, 3.8) is 0 Å². The highest BCUT2D eigenvalue weighted by molar-refractivity contribution is 7.09. The molecule has 0 spiro atoms. The molecule has 2 N–H and O–H groups in total. The molecule has 1 fully saturated rings. The lowest BCUT2D eigenvalue weighted by Gasteiger charge is -2.48. The second kappa shape index (κ2) is 5.74. The van der Waals surface area contributed by atoms with Gasteiger partial charge in [-0.1, -0.05) is 19.9 Å². The first-order chi connectivity index (χ1) is 9.32. The molecule has 2 rings (SSSR count). The Morgan fingerprint density at radius 3 is 2.85 bits per heavy atom. The Labute approximate surface area is 124 Å². The van der Waals surface area contributed by atoms with Crippen molar-refractivity contribution in [2.45, 2.75) is 39.2 Å². The normalized spacial score (nSPS) is 25.5. The maximum Gasteiger partial charge on any atom is 0.317 e. The van der Waals surface area contributed by atoms with Gasteiger partial charge in [0, 0.05) is 29.9 Å². The van der Waals surface area contributed by atoms with Gasteiger partial charge in [0.05, 0.1) is 5.60 Å². The molecule has 1 saturated heterocycles. The summed E-state index contributed by atoms with van der Waals surface area (Å²) in [6.07, 6.45) is 1.50. The molecule has 1 aliphatic rings. The van der Waals surface area contributed by atoms with Crippen molar-refractivity contribution in [3.8, 4) is 0 Å². The Morgan fingerprint density at radius 1 is 1.50 bits per heavy atom. The van der Waals surface area contributed by atoms with Crippen molar-refractivity contribution in [1.29, 1.82) is 0 Å². The van der Waals surface area contributed by atoms with Gasteiger partial charge < -0.3 is 15.3 Å². The Morgan fingerprint density at radius 2 is 2.25 bits per heavy atom. The number of nitrogens with zero attached hydrogens (tertiary/aromatic N) is 1. The van der Waals surface area contributed by atoms with Crippen LogP contribution in [0.1, 0.15) is 32.1 Å². The molecule has 0 aromatic carbocycles. The van der Waals surface area contributed by atoms with Crippen LogP contribution >= 0.6 is 11.3 Å². The SMILES string of the molecule is CC1(C)CN(C(=O)NCCc2cccs2)CC[C@@]1(C)O. The van der Waals surface area contributed by atoms with E-state index in [1.165, 1.54) is 4.88 Å². The summed E-state index contributed by atoms with van der Waals surface area (Å²) in [4.78, 5) is 15.3. The van der Waals surface area contributed by atoms with Crippen molar-refractivity contribution in [1.82, 2.24) is 10.2 Å². The fourth-order valence-electron chi connectivity index (χ4n) is 2.45. The molecule has 1 aromatic rings. The number of amides is 2. The van der Waals surface area contributed by atoms with Crippen molar-refractivity contribution in [2.24, 2.45) is 5.41 Å². The molecular weight excluding hydrogens is 272 g/mol. The van der Waals surface area contributed by atoms with E-state index in [0.717, 1.165) is 6.42 Å². The molecule has 0 saturated carbocycles. The van der Waals surface area contributed by atoms with Gasteiger partial charge in [-0.05, 0) is 31.2 Å². The van der Waals surface area contributed by atoms with Gasteiger partial charge in [-0.25, -0.2) is 4.79 Å². The van der Waals surface area contributed by atoms with Gasteiger partial charge in [-0.3, -0.25) is 0 Å². The Hall–Kier alpha value is -1.07. The minimum absolute atomic E-state index is 0.0230. The van der Waals surface area contributed by atoms with Gasteiger partial charge in [0.2, 0.25) is 0 Å². The number of carbonyl (C=O) groups excluding carboxylic acids is 1. The third kappa shape index (κ3) is 3.33. The fourth-order valence-corrected chi connectivity index (χ4v) is 3.16. The molecular formula is C15H24N2O2S. The molecule has 112 valence electrons. The summed E-state index contributed by atoms with van der Waals surface area (Å²) in [5.41, 5.74) is -0.989. The van der Waals surface area contributed by atoms with Crippen LogP contribution in [-0.4, -0.2) is 41.3 Å². The molecule has 0 radical (unpaired) electrons. The van der Waals surface area contributed by atoms with Crippen LogP contribution in [0.4, 0.5) is 4.79 Å². The zero-order valence-electron chi connectivity index (χ0n) is 12.5. The summed E-state index contributed by atoms with van der Waals surface area (Å²) in [6, 6.07) is 4.08. The number of hydrogen-bond donors (Lipinski definition) is 2. The van der Waals surface area contributed by atoms with E-state index in [2.05, 4.69) is 11.4 Å². The van der Waals surface area contributed by atoms with E-state index < -0.39 is 5.60 Å². The number of hydrogen-bond acceptors (Lipinski definition) is 3. The lowest BCUT2D eigenvalue weighted by Crippen LogP contribution is -2.58. The summed E-state index contributed by atoms with van der Waals surface area (Å²) < 4.78 is 0. The molecule has 0 bridgehead atoms. The van der Waals surface area contributed by atoms with Crippen molar-refractivity contribution < 1.29 is 9.90 Å². The standard InChI is InChI=1S/C15H24N2O2S/c1-14(2)11-17(9-7-15(14,3)19)13(18)16-8-6-12-5-4-10-20-12/h4-5,10,19H,6-9,11H2,1-3H3,(H,16,18)/t15-/m1/s1. The Kier molecular flexibility index (Phi) is 4.39. The topological polar surface area (TPSA) is 52.6 Å². The summed E-state index contributed by atoms with van der Waals surface area (Å²) in [5, 5.41) is 15.4. The summed E-state index contributed by atoms with van der Waals surface area (Å²) >= 11 is 1.71. The molecule has 1 aromatic heterocycles. The smallest absolute Gasteiger partial charge is 0.317 e. The quantitative estimate of drug-likeness (QED) is 0.900. The monoisotopic (exact) mass is 296 g/mol. The minimum Gasteiger partial charge on any atom is -0.389 e. The molecule has 1 atom stereocenters. The van der Waals surface area contributed by atoms with Gasteiger partial charge >= 0.3 is 6.03 Å². The van der Waals surface area contributed by atoms with Crippen LogP contribution in [0.3, 0.4) is 0 Å². The van der Waals surface area contributed by atoms with Crippen molar-refractivity contribution in [3.05, 3.63) is 22.4 Å². The molecule has 1 aliphatic heterocycles. The van der Waals surface area contributed by atoms with E-state index in [4.69, 9.17) is 0 Å². The molecule has 0 unspecified atom stereocenters. The first-order valence-electron chi connectivity index (χ1n) is 7.09. The molecule has 2 amide bonds. The summed E-state index contributed by atoms with van der Waals surface area (Å²) in [5.74, 6) is 0. The zero-order chi connectivity index (χ0) is 14.8. The molecule has 5 heteroatoms. The molecule has 4 nitrogen and oxygen atoms in total. The highest BCUT2D eigenvalue weighted by Gasteiger charge is 2.45. The predicted molar refractivity (Wildman–Crippen MR) is 82.0 cm³/mol. The number of carbonyl (C=O) groups is 1. The highest BCUT2D eigenvalue weighted by atomic mass is 32.1. The van der Waals surface area contributed by atoms with E-state index in [-0.39, 0.29) is 11.4 Å². The number of aliphatic hydroxyl groups is 1. The first kappa shape index (κ1) is 15.3. The largest absolute Gasteiger partial charge is 0.389 e. The van der Waals surface area contributed by atoms with Gasteiger partial charge in [0.15, 0.2) is 0 Å². The van der Waals surface area contributed by atoms with Gasteiger partial charge in [0.25, 0.3) is 0 Å². The number of piperidine rings is 1. The summed E-state index contributed by atoms with van der Waals surface area (Å²) in [6.45, 7) is 7.74. The van der Waals surface area contributed by atoms with E-state index >= 15 is 0 Å². The molecule has 0 aliphatic carbocycles. The third-order valence-corrected chi connectivity index (χ3v) is 5.36. The lowest BCUT2D eigenvalue weighted by molar-refractivity contribution is -0.0954. The van der Waals surface area contributed by atoms with E-state index in [0.29, 0.717) is 26.1 Å². The van der Waals surface area contributed by atoms with Gasteiger partial charge in [-0.15, -0.1) is 11.3 Å². The van der Waals surface area contributed by atoms with E-state index in [1.807, 2.05) is 37.1 Å². The molecule has 20 heavy (non-hydrogen) atoms. The van der Waals surface area contributed by atoms with Crippen molar-refractivity contribution >= 4 is 17.4 Å². The highest BCUT2D eigenvalue weighted by Crippen LogP contribution is 2.38. The predicted octanol–water partition coefficient (Wildman–Crippen LogP) is 2.48. The Balaban J connectivity index is 1.81. The van der Waals surface area contributed by atoms with Crippen LogP contribution in [0.2, 0.25) is 0 Å². The fraction of sp³-hybridized carbons (Fsp3) is 0.667. The maximum atomic E-state index is 12.2. The van der Waals surface area contributed by atoms with Crippen LogP contribution in [-0.2, 0) is 6.42 Å². The number of rotatable bonds is 3. The number of thiophene rings is 1. The van der Waals surface area contributed by atoms with Crippen LogP contribution in [0.5, 0.6) is 0 Å². The van der Waals surface area contributed by atoms with Crippen LogP contribution in [0, 0.1) is 5.41 Å². The van der Waals surface area contributed by atoms with Gasteiger partial charge in [0.1, 0.15) is 0 Å². The first-order valence-corrected chi connectivity index (χ1v) is 7.97. The average molecular weight is 296 g/mol. The number of urea groups is 1. The van der Waals surface area contributed by atoms with Crippen molar-refractivity contribution in [2.75, 3.05) is 19.6 Å². The second-order valence-corrected chi connectivity index (χ2v) is 7.42. The third-order valence-electron chi connectivity index (χ3n) is 4.43. The van der Waals surface area contributed by atoms with Crippen LogP contribution in [0.15, 0.2) is 17.5 Å². The van der Waals surface area contributed by atoms with Crippen LogP contribution < -0.4 is 5.32 Å². The maximum absolute atomic E-state index is 12.2. The number of likely N-dealkylation sites (tertiary alicyclic amines) is 1. The second-order valence-electron chi connectivity index (χ2n) is 6.39. The van der Waals surface area contributed by atoms with E-state index in [9.17, 15) is 9.90 Å². The van der Waals surface area contributed by atoms with Gasteiger partial charge in [-0.2, -0.15) is 0 Å². The zero-order valence-corrected chi connectivity index (χ0v) is 13.3. The van der Waals surface area contributed by atoms with E-state index in [1.54, 1.807) is 11.3 Å².